The van der Waals surface area contributed by atoms with E-state index in [0.717, 1.165) is 28.3 Å². The quantitative estimate of drug-likeness (QED) is 0.715. The fourth-order valence-electron chi connectivity index (χ4n) is 2.37. The third kappa shape index (κ3) is 3.21. The Morgan fingerprint density at radius 1 is 1.12 bits per heavy atom. The maximum atomic E-state index is 13.0. The standard InChI is InChI=1S/C17H11F3O3S/c18-17(19,20)10-5-6-14(23-8-16(21)22)12(7-10)13-9-24-15-4-2-1-3-11(13)15/h1-7,9H,8H2,(H,21,22). The normalized spacial score (nSPS) is 11.6. The molecule has 124 valence electrons. The number of carboxylic acid groups (broad SMARTS) is 1. The van der Waals surface area contributed by atoms with Crippen LogP contribution in [0.25, 0.3) is 21.2 Å². The van der Waals surface area contributed by atoms with Gasteiger partial charge in [0, 0.05) is 21.2 Å². The molecule has 3 rings (SSSR count). The second-order valence-electron chi connectivity index (χ2n) is 5.04. The molecule has 0 amide bonds. The first-order valence-electron chi connectivity index (χ1n) is 6.88. The predicted molar refractivity (Wildman–Crippen MR) is 85.4 cm³/mol. The van der Waals surface area contributed by atoms with Crippen molar-refractivity contribution in [2.24, 2.45) is 0 Å². The van der Waals surface area contributed by atoms with Crippen LogP contribution in [0, 0.1) is 0 Å². The number of hydrogen-bond donors (Lipinski definition) is 1. The van der Waals surface area contributed by atoms with Crippen LogP contribution in [-0.2, 0) is 11.0 Å². The van der Waals surface area contributed by atoms with Crippen LogP contribution in [0.15, 0.2) is 47.8 Å². The number of halogens is 3. The molecule has 0 atom stereocenters. The average Bonchev–Trinajstić information content (AvgIpc) is 2.95. The molecule has 0 saturated carbocycles. The van der Waals surface area contributed by atoms with Gasteiger partial charge in [-0.15, -0.1) is 11.3 Å². The van der Waals surface area contributed by atoms with E-state index < -0.39 is 24.3 Å². The minimum absolute atomic E-state index is 0.106. The Morgan fingerprint density at radius 3 is 2.58 bits per heavy atom. The Morgan fingerprint density at radius 2 is 1.88 bits per heavy atom. The van der Waals surface area contributed by atoms with Gasteiger partial charge in [0.1, 0.15) is 5.75 Å². The van der Waals surface area contributed by atoms with Crippen LogP contribution in [-0.4, -0.2) is 17.7 Å². The molecule has 0 saturated heterocycles. The minimum Gasteiger partial charge on any atom is -0.481 e. The smallest absolute Gasteiger partial charge is 0.416 e. The number of hydrogen-bond acceptors (Lipinski definition) is 3. The number of rotatable bonds is 4. The van der Waals surface area contributed by atoms with Crippen molar-refractivity contribution in [2.45, 2.75) is 6.18 Å². The summed E-state index contributed by atoms with van der Waals surface area (Å²) in [5.41, 5.74) is 0.000991. The number of alkyl halides is 3. The SMILES string of the molecule is O=C(O)COc1ccc(C(F)(F)F)cc1-c1csc2ccccc12. The first kappa shape index (κ1) is 16.3. The van der Waals surface area contributed by atoms with Crippen LogP contribution < -0.4 is 4.74 Å². The maximum absolute atomic E-state index is 13.0. The van der Waals surface area contributed by atoms with Crippen molar-refractivity contribution in [1.29, 1.82) is 0 Å². The van der Waals surface area contributed by atoms with Gasteiger partial charge in [0.25, 0.3) is 0 Å². The first-order valence-corrected chi connectivity index (χ1v) is 7.76. The van der Waals surface area contributed by atoms with E-state index in [2.05, 4.69) is 0 Å². The fraction of sp³-hybridized carbons (Fsp3) is 0.118. The van der Waals surface area contributed by atoms with E-state index in [1.807, 2.05) is 18.2 Å². The van der Waals surface area contributed by atoms with E-state index in [1.165, 1.54) is 11.3 Å². The van der Waals surface area contributed by atoms with Crippen LogP contribution >= 0.6 is 11.3 Å². The number of thiophene rings is 1. The molecule has 0 spiro atoms. The highest BCUT2D eigenvalue weighted by Crippen LogP contribution is 2.41. The molecule has 2 aromatic carbocycles. The van der Waals surface area contributed by atoms with Crippen molar-refractivity contribution >= 4 is 27.4 Å². The number of aliphatic carboxylic acids is 1. The number of carbonyl (C=O) groups is 1. The molecule has 3 aromatic rings. The van der Waals surface area contributed by atoms with Crippen molar-refractivity contribution in [3.8, 4) is 16.9 Å². The van der Waals surface area contributed by atoms with Gasteiger partial charge >= 0.3 is 12.1 Å². The lowest BCUT2D eigenvalue weighted by Gasteiger charge is -2.13. The van der Waals surface area contributed by atoms with Crippen molar-refractivity contribution in [3.05, 3.63) is 53.4 Å². The van der Waals surface area contributed by atoms with E-state index in [9.17, 15) is 18.0 Å². The summed E-state index contributed by atoms with van der Waals surface area (Å²) >= 11 is 1.40. The second-order valence-corrected chi connectivity index (χ2v) is 5.95. The zero-order chi connectivity index (χ0) is 17.3. The van der Waals surface area contributed by atoms with Crippen LogP contribution in [0.5, 0.6) is 5.75 Å². The molecule has 0 unspecified atom stereocenters. The van der Waals surface area contributed by atoms with Gasteiger partial charge in [0.2, 0.25) is 0 Å². The van der Waals surface area contributed by atoms with Crippen molar-refractivity contribution in [1.82, 2.24) is 0 Å². The van der Waals surface area contributed by atoms with Gasteiger partial charge in [-0.3, -0.25) is 0 Å². The number of fused-ring (bicyclic) bond motifs is 1. The molecule has 0 aliphatic heterocycles. The van der Waals surface area contributed by atoms with Crippen molar-refractivity contribution in [3.63, 3.8) is 0 Å². The molecular formula is C17H11F3O3S. The molecule has 0 radical (unpaired) electrons. The summed E-state index contributed by atoms with van der Waals surface area (Å²) in [7, 11) is 0. The molecule has 0 aliphatic carbocycles. The molecule has 1 heterocycles. The molecule has 1 N–H and O–H groups in total. The molecule has 1 aromatic heterocycles. The summed E-state index contributed by atoms with van der Waals surface area (Å²) in [5, 5.41) is 11.3. The third-order valence-electron chi connectivity index (χ3n) is 3.43. The average molecular weight is 352 g/mol. The first-order chi connectivity index (χ1) is 11.4. The van der Waals surface area contributed by atoms with Crippen LogP contribution in [0.3, 0.4) is 0 Å². The van der Waals surface area contributed by atoms with Crippen molar-refractivity contribution in [2.75, 3.05) is 6.61 Å². The summed E-state index contributed by atoms with van der Waals surface area (Å²) in [6.45, 7) is -0.625. The minimum atomic E-state index is -4.49. The zero-order valence-electron chi connectivity index (χ0n) is 12.1. The molecule has 7 heteroatoms. The highest BCUT2D eigenvalue weighted by Gasteiger charge is 2.31. The summed E-state index contributed by atoms with van der Waals surface area (Å²) < 4.78 is 45.2. The van der Waals surface area contributed by atoms with E-state index in [1.54, 1.807) is 11.4 Å². The Bertz CT molecular complexity index is 899. The highest BCUT2D eigenvalue weighted by atomic mass is 32.1. The molecule has 3 nitrogen and oxygen atoms in total. The number of carboxylic acids is 1. The van der Waals surface area contributed by atoms with Gasteiger partial charge in [-0.05, 0) is 29.6 Å². The fourth-order valence-corrected chi connectivity index (χ4v) is 3.33. The Balaban J connectivity index is 2.16. The third-order valence-corrected chi connectivity index (χ3v) is 4.39. The van der Waals surface area contributed by atoms with Crippen LogP contribution in [0.2, 0.25) is 0 Å². The lowest BCUT2D eigenvalue weighted by molar-refractivity contribution is -0.140. The Hall–Kier alpha value is -2.54. The maximum Gasteiger partial charge on any atom is 0.416 e. The Labute approximate surface area is 138 Å². The van der Waals surface area contributed by atoms with Gasteiger partial charge in [-0.25, -0.2) is 4.79 Å². The van der Waals surface area contributed by atoms with Gasteiger partial charge in [0.15, 0.2) is 6.61 Å². The molecule has 0 aliphatic rings. The van der Waals surface area contributed by atoms with Gasteiger partial charge in [-0.1, -0.05) is 18.2 Å². The topological polar surface area (TPSA) is 46.5 Å². The monoisotopic (exact) mass is 352 g/mol. The highest BCUT2D eigenvalue weighted by molar-refractivity contribution is 7.17. The second kappa shape index (κ2) is 6.16. The van der Waals surface area contributed by atoms with Gasteiger partial charge in [-0.2, -0.15) is 13.2 Å². The van der Waals surface area contributed by atoms with E-state index in [4.69, 9.17) is 9.84 Å². The zero-order valence-corrected chi connectivity index (χ0v) is 12.9. The van der Waals surface area contributed by atoms with Crippen LogP contribution in [0.1, 0.15) is 5.56 Å². The molecule has 0 fully saturated rings. The van der Waals surface area contributed by atoms with Crippen LogP contribution in [0.4, 0.5) is 13.2 Å². The van der Waals surface area contributed by atoms with Gasteiger partial charge < -0.3 is 9.84 Å². The lowest BCUT2D eigenvalue weighted by Crippen LogP contribution is -2.11. The van der Waals surface area contributed by atoms with Crippen molar-refractivity contribution < 1.29 is 27.8 Å². The molecule has 24 heavy (non-hydrogen) atoms. The predicted octanol–water partition coefficient (Wildman–Crippen LogP) is 5.05. The number of benzene rings is 2. The summed E-state index contributed by atoms with van der Waals surface area (Å²) in [5.74, 6) is -1.09. The number of ether oxygens (including phenoxy) is 1. The molecule has 0 bridgehead atoms. The summed E-state index contributed by atoms with van der Waals surface area (Å²) in [4.78, 5) is 10.7. The lowest BCUT2D eigenvalue weighted by atomic mass is 10.0. The van der Waals surface area contributed by atoms with E-state index in [0.29, 0.717) is 5.56 Å². The van der Waals surface area contributed by atoms with E-state index in [-0.39, 0.29) is 11.3 Å². The van der Waals surface area contributed by atoms with Gasteiger partial charge in [0.05, 0.1) is 5.56 Å². The summed E-state index contributed by atoms with van der Waals surface area (Å²) in [6, 6.07) is 10.4. The largest absolute Gasteiger partial charge is 0.481 e. The molecular weight excluding hydrogens is 341 g/mol. The summed E-state index contributed by atoms with van der Waals surface area (Å²) in [6.07, 6.45) is -4.49. The van der Waals surface area contributed by atoms with E-state index >= 15 is 0 Å². The Kier molecular flexibility index (Phi) is 4.19.